The molecule has 1 aliphatic heterocycles. The fraction of sp³-hybridized carbons (Fsp3) is 0.350. The SMILES string of the molecule is Cc1cc2c(NC(=O)NC3CCN(c4nc(C(F)(F)F)cs4)C3)cccc2c(C)n1. The van der Waals surface area contributed by atoms with Gasteiger partial charge < -0.3 is 15.5 Å². The molecule has 3 heterocycles. The molecule has 0 aliphatic carbocycles. The van der Waals surface area contributed by atoms with Crippen molar-refractivity contribution in [3.05, 3.63) is 46.7 Å². The number of nitrogens with one attached hydrogen (secondary N) is 2. The zero-order valence-corrected chi connectivity index (χ0v) is 17.2. The Balaban J connectivity index is 1.41. The third-order valence-electron chi connectivity index (χ3n) is 5.02. The quantitative estimate of drug-likeness (QED) is 0.624. The fourth-order valence-electron chi connectivity index (χ4n) is 3.65. The maximum atomic E-state index is 12.8. The van der Waals surface area contributed by atoms with E-state index in [1.54, 1.807) is 4.90 Å². The van der Waals surface area contributed by atoms with Crippen molar-refractivity contribution < 1.29 is 18.0 Å². The van der Waals surface area contributed by atoms with Crippen molar-refractivity contribution in [2.24, 2.45) is 0 Å². The summed E-state index contributed by atoms with van der Waals surface area (Å²) in [6, 6.07) is 7.05. The normalized spacial score (nSPS) is 16.8. The molecule has 1 fully saturated rings. The van der Waals surface area contributed by atoms with Crippen LogP contribution < -0.4 is 15.5 Å². The van der Waals surface area contributed by atoms with E-state index in [1.165, 1.54) is 0 Å². The number of fused-ring (bicyclic) bond motifs is 1. The zero-order chi connectivity index (χ0) is 21.5. The number of carbonyl (C=O) groups excluding carboxylic acids is 1. The molecule has 0 radical (unpaired) electrons. The van der Waals surface area contributed by atoms with Gasteiger partial charge in [-0.3, -0.25) is 4.98 Å². The van der Waals surface area contributed by atoms with Crippen LogP contribution in [0.3, 0.4) is 0 Å². The highest BCUT2D eigenvalue weighted by molar-refractivity contribution is 7.13. The maximum Gasteiger partial charge on any atom is 0.434 e. The van der Waals surface area contributed by atoms with Crippen LogP contribution in [0.15, 0.2) is 29.6 Å². The van der Waals surface area contributed by atoms with Crippen molar-refractivity contribution in [1.82, 2.24) is 15.3 Å². The topological polar surface area (TPSA) is 70.2 Å². The number of aryl methyl sites for hydroxylation is 2. The van der Waals surface area contributed by atoms with Crippen LogP contribution in [0.1, 0.15) is 23.5 Å². The molecule has 0 bridgehead atoms. The van der Waals surface area contributed by atoms with Gasteiger partial charge in [0.05, 0.1) is 5.69 Å². The number of nitrogens with zero attached hydrogens (tertiary/aromatic N) is 3. The van der Waals surface area contributed by atoms with Crippen LogP contribution >= 0.6 is 11.3 Å². The molecule has 1 aromatic carbocycles. The summed E-state index contributed by atoms with van der Waals surface area (Å²) < 4.78 is 38.3. The lowest BCUT2D eigenvalue weighted by atomic mass is 10.1. The Morgan fingerprint density at radius 3 is 2.77 bits per heavy atom. The number of rotatable bonds is 3. The molecule has 6 nitrogen and oxygen atoms in total. The maximum absolute atomic E-state index is 12.8. The lowest BCUT2D eigenvalue weighted by molar-refractivity contribution is -0.140. The largest absolute Gasteiger partial charge is 0.434 e. The standard InChI is InChI=1S/C20H20F3N5OS/c1-11-8-15-14(12(2)24-11)4-3-5-16(15)26-18(29)25-13-6-7-28(9-13)19-27-17(10-30-19)20(21,22)23/h3-5,8,10,13H,6-7,9H2,1-2H3,(H2,25,26,29). The number of thiazole rings is 1. The van der Waals surface area contributed by atoms with Crippen molar-refractivity contribution in [2.75, 3.05) is 23.3 Å². The first-order chi connectivity index (χ1) is 14.2. The van der Waals surface area contributed by atoms with Crippen molar-refractivity contribution >= 4 is 39.0 Å². The number of pyridine rings is 1. The summed E-state index contributed by atoms with van der Waals surface area (Å²) >= 11 is 0.962. The van der Waals surface area contributed by atoms with Gasteiger partial charge in [-0.2, -0.15) is 13.2 Å². The van der Waals surface area contributed by atoms with Crippen molar-refractivity contribution in [2.45, 2.75) is 32.5 Å². The highest BCUT2D eigenvalue weighted by Gasteiger charge is 2.35. The second-order valence-corrected chi connectivity index (χ2v) is 8.13. The molecule has 1 unspecified atom stereocenters. The van der Waals surface area contributed by atoms with Crippen LogP contribution in [0.2, 0.25) is 0 Å². The summed E-state index contributed by atoms with van der Waals surface area (Å²) in [6.07, 6.45) is -3.82. The monoisotopic (exact) mass is 435 g/mol. The number of benzene rings is 1. The molecule has 1 saturated heterocycles. The number of urea groups is 1. The number of carbonyl (C=O) groups is 1. The van der Waals surface area contributed by atoms with Gasteiger partial charge in [-0.15, -0.1) is 11.3 Å². The van der Waals surface area contributed by atoms with Crippen molar-refractivity contribution in [1.29, 1.82) is 0 Å². The van der Waals surface area contributed by atoms with Gasteiger partial charge in [0.2, 0.25) is 0 Å². The number of hydrogen-bond donors (Lipinski definition) is 2. The van der Waals surface area contributed by atoms with Gasteiger partial charge >= 0.3 is 12.2 Å². The van der Waals surface area contributed by atoms with Gasteiger partial charge in [-0.05, 0) is 32.4 Å². The first-order valence-electron chi connectivity index (χ1n) is 9.43. The third-order valence-corrected chi connectivity index (χ3v) is 5.92. The molecule has 0 saturated carbocycles. The van der Waals surface area contributed by atoms with E-state index in [0.717, 1.165) is 38.9 Å². The molecule has 1 aliphatic rings. The number of amides is 2. The molecule has 2 amide bonds. The molecule has 30 heavy (non-hydrogen) atoms. The molecule has 2 aromatic heterocycles. The minimum Gasteiger partial charge on any atom is -0.346 e. The van der Waals surface area contributed by atoms with Crippen LogP contribution in [-0.2, 0) is 6.18 Å². The molecular weight excluding hydrogens is 415 g/mol. The third kappa shape index (κ3) is 4.18. The van der Waals surface area contributed by atoms with E-state index in [4.69, 9.17) is 0 Å². The second-order valence-electron chi connectivity index (χ2n) is 7.29. The fourth-order valence-corrected chi connectivity index (χ4v) is 4.52. The highest BCUT2D eigenvalue weighted by atomic mass is 32.1. The Labute approximate surface area is 175 Å². The van der Waals surface area contributed by atoms with Gasteiger partial charge in [0, 0.05) is 46.7 Å². The summed E-state index contributed by atoms with van der Waals surface area (Å²) in [6.45, 7) is 4.78. The van der Waals surface area contributed by atoms with Gasteiger partial charge in [0.1, 0.15) is 0 Å². The summed E-state index contributed by atoms with van der Waals surface area (Å²) in [5.74, 6) is 0. The number of hydrogen-bond acceptors (Lipinski definition) is 5. The molecule has 0 spiro atoms. The van der Waals surface area contributed by atoms with E-state index in [2.05, 4.69) is 20.6 Å². The van der Waals surface area contributed by atoms with E-state index in [-0.39, 0.29) is 12.1 Å². The minimum atomic E-state index is -4.45. The van der Waals surface area contributed by atoms with Gasteiger partial charge in [0.15, 0.2) is 10.8 Å². The minimum absolute atomic E-state index is 0.177. The number of anilines is 2. The van der Waals surface area contributed by atoms with Gasteiger partial charge in [-0.1, -0.05) is 12.1 Å². The Bertz CT molecular complexity index is 1100. The molecule has 4 rings (SSSR count). The molecule has 158 valence electrons. The molecule has 1 atom stereocenters. The summed E-state index contributed by atoms with van der Waals surface area (Å²) in [5.41, 5.74) is 1.56. The summed E-state index contributed by atoms with van der Waals surface area (Å²) in [4.78, 5) is 22.4. The van der Waals surface area contributed by atoms with Gasteiger partial charge in [0.25, 0.3) is 0 Å². The Hall–Kier alpha value is -2.88. The van der Waals surface area contributed by atoms with E-state index in [9.17, 15) is 18.0 Å². The molecular formula is C20H20F3N5OS. The van der Waals surface area contributed by atoms with Crippen LogP contribution in [0.25, 0.3) is 10.8 Å². The first kappa shape index (κ1) is 20.4. The molecule has 3 aromatic rings. The lowest BCUT2D eigenvalue weighted by Gasteiger charge is -2.17. The smallest absolute Gasteiger partial charge is 0.346 e. The molecule has 2 N–H and O–H groups in total. The molecule has 10 heteroatoms. The van der Waals surface area contributed by atoms with Crippen LogP contribution in [-0.4, -0.2) is 35.1 Å². The average molecular weight is 435 g/mol. The van der Waals surface area contributed by atoms with Crippen LogP contribution in [0.4, 0.5) is 28.8 Å². The Morgan fingerprint density at radius 2 is 2.03 bits per heavy atom. The predicted molar refractivity (Wildman–Crippen MR) is 111 cm³/mol. The Kier molecular flexibility index (Phi) is 5.27. The summed E-state index contributed by atoms with van der Waals surface area (Å²) in [5, 5.41) is 9.00. The summed E-state index contributed by atoms with van der Waals surface area (Å²) in [7, 11) is 0. The zero-order valence-electron chi connectivity index (χ0n) is 16.4. The average Bonchev–Trinajstić information content (AvgIpc) is 3.31. The van der Waals surface area contributed by atoms with E-state index < -0.39 is 11.9 Å². The number of halogens is 3. The lowest BCUT2D eigenvalue weighted by Crippen LogP contribution is -2.39. The van der Waals surface area contributed by atoms with Gasteiger partial charge in [-0.25, -0.2) is 9.78 Å². The Morgan fingerprint density at radius 1 is 1.23 bits per heavy atom. The van der Waals surface area contributed by atoms with E-state index in [1.807, 2.05) is 38.1 Å². The van der Waals surface area contributed by atoms with Crippen LogP contribution in [0.5, 0.6) is 0 Å². The second kappa shape index (κ2) is 7.75. The van der Waals surface area contributed by atoms with Crippen LogP contribution in [0, 0.1) is 13.8 Å². The van der Waals surface area contributed by atoms with E-state index in [0.29, 0.717) is 30.3 Å². The van der Waals surface area contributed by atoms with Crippen molar-refractivity contribution in [3.63, 3.8) is 0 Å². The first-order valence-corrected chi connectivity index (χ1v) is 10.3. The number of aromatic nitrogens is 2. The van der Waals surface area contributed by atoms with Crippen molar-refractivity contribution in [3.8, 4) is 0 Å². The predicted octanol–water partition coefficient (Wildman–Crippen LogP) is 4.73. The highest BCUT2D eigenvalue weighted by Crippen LogP contribution is 2.34. The number of alkyl halides is 3. The van der Waals surface area contributed by atoms with E-state index >= 15 is 0 Å².